The van der Waals surface area contributed by atoms with Gasteiger partial charge in [0.15, 0.2) is 0 Å². The van der Waals surface area contributed by atoms with Gasteiger partial charge in [0.25, 0.3) is 5.91 Å². The van der Waals surface area contributed by atoms with E-state index in [-0.39, 0.29) is 11.9 Å². The van der Waals surface area contributed by atoms with Crippen molar-refractivity contribution in [3.05, 3.63) is 29.6 Å². The van der Waals surface area contributed by atoms with Crippen LogP contribution in [0.15, 0.2) is 18.3 Å². The Balaban J connectivity index is 2.11. The number of nitriles is 1. The van der Waals surface area contributed by atoms with Gasteiger partial charge in [-0.15, -0.1) is 0 Å². The number of aliphatic hydroxyl groups is 1. The van der Waals surface area contributed by atoms with Crippen molar-refractivity contribution >= 4 is 5.91 Å². The molecule has 1 amide bonds. The summed E-state index contributed by atoms with van der Waals surface area (Å²) in [4.78, 5) is 18.1. The molecule has 1 fully saturated rings. The summed E-state index contributed by atoms with van der Waals surface area (Å²) in [5, 5.41) is 18.2. The number of likely N-dealkylation sites (tertiary alicyclic amines) is 1. The summed E-state index contributed by atoms with van der Waals surface area (Å²) in [7, 11) is 0. The molecule has 2 heterocycles. The van der Waals surface area contributed by atoms with E-state index in [9.17, 15) is 9.90 Å². The maximum Gasteiger partial charge on any atom is 0.272 e. The van der Waals surface area contributed by atoms with Crippen LogP contribution in [0.4, 0.5) is 0 Å². The summed E-state index contributed by atoms with van der Waals surface area (Å²) in [6, 6.07) is 5.24. The molecule has 0 radical (unpaired) electrons. The van der Waals surface area contributed by atoms with E-state index < -0.39 is 6.10 Å². The third-order valence-electron chi connectivity index (χ3n) is 3.36. The molecule has 5 heteroatoms. The maximum absolute atomic E-state index is 12.3. The number of nitrogens with zero attached hydrogens (tertiary/aromatic N) is 3. The van der Waals surface area contributed by atoms with Crippen molar-refractivity contribution < 1.29 is 9.90 Å². The summed E-state index contributed by atoms with van der Waals surface area (Å²) >= 11 is 0. The second-order valence-electron chi connectivity index (χ2n) is 4.92. The molecule has 0 saturated carbocycles. The smallest absolute Gasteiger partial charge is 0.272 e. The summed E-state index contributed by atoms with van der Waals surface area (Å²) in [5.74, 6) is -0.118. The average molecular weight is 259 g/mol. The van der Waals surface area contributed by atoms with E-state index in [4.69, 9.17) is 5.26 Å². The predicted octanol–water partition coefficient (Wildman–Crippen LogP) is 1.33. The van der Waals surface area contributed by atoms with Crippen LogP contribution in [0.2, 0.25) is 0 Å². The molecule has 19 heavy (non-hydrogen) atoms. The van der Waals surface area contributed by atoms with Crippen molar-refractivity contribution in [1.29, 1.82) is 5.26 Å². The molecule has 1 aromatic heterocycles. The van der Waals surface area contributed by atoms with Crippen LogP contribution in [-0.2, 0) is 0 Å². The number of aromatic nitrogens is 1. The Morgan fingerprint density at radius 3 is 3.05 bits per heavy atom. The highest BCUT2D eigenvalue weighted by Gasteiger charge is 2.30. The first kappa shape index (κ1) is 13.5. The second kappa shape index (κ2) is 5.81. The summed E-state index contributed by atoms with van der Waals surface area (Å²) in [6.45, 7) is 2.44. The van der Waals surface area contributed by atoms with Crippen molar-refractivity contribution in [2.24, 2.45) is 0 Å². The molecule has 2 rings (SSSR count). The molecule has 0 aromatic carbocycles. The third-order valence-corrected chi connectivity index (χ3v) is 3.36. The van der Waals surface area contributed by atoms with E-state index in [1.165, 1.54) is 6.20 Å². The van der Waals surface area contributed by atoms with Gasteiger partial charge in [-0.25, -0.2) is 4.98 Å². The van der Waals surface area contributed by atoms with Crippen molar-refractivity contribution in [3.63, 3.8) is 0 Å². The van der Waals surface area contributed by atoms with Gasteiger partial charge in [-0.2, -0.15) is 5.26 Å². The first-order valence-corrected chi connectivity index (χ1v) is 6.47. The fraction of sp³-hybridized carbons (Fsp3) is 0.500. The van der Waals surface area contributed by atoms with Gasteiger partial charge in [0.05, 0.1) is 11.7 Å². The fourth-order valence-electron chi connectivity index (χ4n) is 2.48. The Labute approximate surface area is 112 Å². The lowest BCUT2D eigenvalue weighted by molar-refractivity contribution is 0.0676. The molecule has 0 bridgehead atoms. The first-order valence-electron chi connectivity index (χ1n) is 6.47. The summed E-state index contributed by atoms with van der Waals surface area (Å²) < 4.78 is 0. The number of pyridine rings is 1. The number of hydrogen-bond acceptors (Lipinski definition) is 4. The molecular weight excluding hydrogens is 242 g/mol. The molecule has 1 aliphatic heterocycles. The first-order chi connectivity index (χ1) is 9.11. The minimum Gasteiger partial charge on any atom is -0.393 e. The lowest BCUT2D eigenvalue weighted by Crippen LogP contribution is -2.37. The van der Waals surface area contributed by atoms with Crippen LogP contribution in [0, 0.1) is 11.3 Å². The Hall–Kier alpha value is -1.93. The van der Waals surface area contributed by atoms with Gasteiger partial charge in [0.2, 0.25) is 0 Å². The third kappa shape index (κ3) is 3.09. The van der Waals surface area contributed by atoms with Gasteiger partial charge >= 0.3 is 0 Å². The summed E-state index contributed by atoms with van der Waals surface area (Å²) in [5.41, 5.74) is 0.801. The number of hydrogen-bond donors (Lipinski definition) is 1. The van der Waals surface area contributed by atoms with E-state index in [0.717, 1.165) is 12.8 Å². The fourth-order valence-corrected chi connectivity index (χ4v) is 2.48. The topological polar surface area (TPSA) is 77.2 Å². The van der Waals surface area contributed by atoms with Crippen molar-refractivity contribution in [2.75, 3.05) is 6.54 Å². The maximum atomic E-state index is 12.3. The van der Waals surface area contributed by atoms with Crippen molar-refractivity contribution in [2.45, 2.75) is 38.3 Å². The van der Waals surface area contributed by atoms with Crippen LogP contribution < -0.4 is 0 Å². The molecular formula is C14H17N3O2. The highest BCUT2D eigenvalue weighted by molar-refractivity contribution is 5.92. The number of rotatable bonds is 3. The van der Waals surface area contributed by atoms with Crippen LogP contribution in [0.1, 0.15) is 42.2 Å². The van der Waals surface area contributed by atoms with Crippen LogP contribution in [0.3, 0.4) is 0 Å². The number of aliphatic hydroxyl groups excluding tert-OH is 1. The molecule has 1 N–H and O–H groups in total. The highest BCUT2D eigenvalue weighted by Crippen LogP contribution is 2.23. The highest BCUT2D eigenvalue weighted by atomic mass is 16.3. The molecule has 1 saturated heterocycles. The lowest BCUT2D eigenvalue weighted by Gasteiger charge is -2.25. The van der Waals surface area contributed by atoms with Crippen LogP contribution >= 0.6 is 0 Å². The monoisotopic (exact) mass is 259 g/mol. The quantitative estimate of drug-likeness (QED) is 0.888. The molecule has 2 atom stereocenters. The molecule has 0 aliphatic carbocycles. The minimum atomic E-state index is -0.410. The normalized spacial score (nSPS) is 20.1. The van der Waals surface area contributed by atoms with E-state index in [1.54, 1.807) is 24.0 Å². The Morgan fingerprint density at radius 2 is 2.47 bits per heavy atom. The Kier molecular flexibility index (Phi) is 4.13. The van der Waals surface area contributed by atoms with E-state index in [0.29, 0.717) is 24.2 Å². The number of carbonyl (C=O) groups is 1. The number of amides is 1. The molecule has 2 unspecified atom stereocenters. The van der Waals surface area contributed by atoms with Gasteiger partial charge in [0, 0.05) is 18.8 Å². The van der Waals surface area contributed by atoms with Gasteiger partial charge in [0.1, 0.15) is 11.8 Å². The SMILES string of the molecule is CC(O)CC1CCCN1C(=O)c1ccc(C#N)cn1. The van der Waals surface area contributed by atoms with Gasteiger partial charge in [-0.3, -0.25) is 4.79 Å². The average Bonchev–Trinajstić information content (AvgIpc) is 2.85. The largest absolute Gasteiger partial charge is 0.393 e. The van der Waals surface area contributed by atoms with Crippen molar-refractivity contribution in [1.82, 2.24) is 9.88 Å². The lowest BCUT2D eigenvalue weighted by atomic mass is 10.1. The zero-order chi connectivity index (χ0) is 13.8. The number of carbonyl (C=O) groups excluding carboxylic acids is 1. The van der Waals surface area contributed by atoms with Crippen LogP contribution in [0.25, 0.3) is 0 Å². The van der Waals surface area contributed by atoms with Crippen LogP contribution in [-0.4, -0.2) is 39.6 Å². The second-order valence-corrected chi connectivity index (χ2v) is 4.92. The molecule has 0 spiro atoms. The standard InChI is InChI=1S/C14H17N3O2/c1-10(18)7-12-3-2-6-17(12)14(19)13-5-4-11(8-15)9-16-13/h4-5,9-10,12,18H,2-3,6-7H2,1H3. The van der Waals surface area contributed by atoms with Crippen molar-refractivity contribution in [3.8, 4) is 6.07 Å². The van der Waals surface area contributed by atoms with E-state index >= 15 is 0 Å². The zero-order valence-electron chi connectivity index (χ0n) is 10.9. The van der Waals surface area contributed by atoms with Gasteiger partial charge in [-0.1, -0.05) is 0 Å². The Bertz CT molecular complexity index is 490. The zero-order valence-corrected chi connectivity index (χ0v) is 10.9. The molecule has 1 aromatic rings. The minimum absolute atomic E-state index is 0.0879. The summed E-state index contributed by atoms with van der Waals surface area (Å²) in [6.07, 6.45) is 3.48. The van der Waals surface area contributed by atoms with E-state index in [2.05, 4.69) is 4.98 Å². The molecule has 5 nitrogen and oxygen atoms in total. The van der Waals surface area contributed by atoms with Gasteiger partial charge in [-0.05, 0) is 38.3 Å². The van der Waals surface area contributed by atoms with Gasteiger partial charge < -0.3 is 10.0 Å². The predicted molar refractivity (Wildman–Crippen MR) is 69.3 cm³/mol. The van der Waals surface area contributed by atoms with Crippen LogP contribution in [0.5, 0.6) is 0 Å². The molecule has 100 valence electrons. The molecule has 1 aliphatic rings. The van der Waals surface area contributed by atoms with E-state index in [1.807, 2.05) is 6.07 Å². The Morgan fingerprint density at radius 1 is 1.68 bits per heavy atom.